The largest absolute Gasteiger partial charge is 0.347 e. The van der Waals surface area contributed by atoms with Gasteiger partial charge in [-0.2, -0.15) is 0 Å². The monoisotopic (exact) mass is 258 g/mol. The van der Waals surface area contributed by atoms with Gasteiger partial charge in [-0.05, 0) is 44.4 Å². The molecule has 0 radical (unpaired) electrons. The summed E-state index contributed by atoms with van der Waals surface area (Å²) in [5, 5.41) is 4.91. The molecule has 0 fully saturated rings. The average Bonchev–Trinajstić information content (AvgIpc) is 2.76. The maximum atomic E-state index is 3.48. The van der Waals surface area contributed by atoms with E-state index >= 15 is 0 Å². The minimum Gasteiger partial charge on any atom is -0.347 e. The SMILES string of the molecule is CCn1cc(CCCCNC(C)C)c2ccccc21. The molecule has 1 aromatic carbocycles. The van der Waals surface area contributed by atoms with Gasteiger partial charge in [-0.3, -0.25) is 0 Å². The molecule has 1 aromatic heterocycles. The van der Waals surface area contributed by atoms with Crippen LogP contribution >= 0.6 is 0 Å². The van der Waals surface area contributed by atoms with Crippen molar-refractivity contribution >= 4 is 10.9 Å². The van der Waals surface area contributed by atoms with Crippen LogP contribution in [-0.4, -0.2) is 17.2 Å². The van der Waals surface area contributed by atoms with Crippen molar-refractivity contribution in [2.24, 2.45) is 0 Å². The summed E-state index contributed by atoms with van der Waals surface area (Å²) in [5.74, 6) is 0. The molecule has 0 bridgehead atoms. The first kappa shape index (κ1) is 14.1. The summed E-state index contributed by atoms with van der Waals surface area (Å²) in [7, 11) is 0. The van der Waals surface area contributed by atoms with Crippen LogP contribution in [0.2, 0.25) is 0 Å². The van der Waals surface area contributed by atoms with Crippen LogP contribution in [0.1, 0.15) is 39.2 Å². The van der Waals surface area contributed by atoms with E-state index in [0.717, 1.165) is 13.1 Å². The van der Waals surface area contributed by atoms with Crippen molar-refractivity contribution in [3.8, 4) is 0 Å². The van der Waals surface area contributed by atoms with Crippen LogP contribution in [0.15, 0.2) is 30.5 Å². The first-order chi connectivity index (χ1) is 9.22. The molecule has 104 valence electrons. The Bertz CT molecular complexity index is 511. The number of rotatable bonds is 7. The van der Waals surface area contributed by atoms with Crippen LogP contribution in [0.3, 0.4) is 0 Å². The third-order valence-corrected chi connectivity index (χ3v) is 3.64. The van der Waals surface area contributed by atoms with Gasteiger partial charge < -0.3 is 9.88 Å². The normalized spacial score (nSPS) is 11.6. The number of aromatic nitrogens is 1. The van der Waals surface area contributed by atoms with Crippen molar-refractivity contribution in [2.75, 3.05) is 6.54 Å². The molecule has 0 saturated heterocycles. The molecule has 0 aliphatic carbocycles. The van der Waals surface area contributed by atoms with Crippen molar-refractivity contribution in [1.29, 1.82) is 0 Å². The van der Waals surface area contributed by atoms with Crippen molar-refractivity contribution in [3.63, 3.8) is 0 Å². The van der Waals surface area contributed by atoms with Crippen LogP contribution in [0, 0.1) is 0 Å². The molecular formula is C17H26N2. The predicted molar refractivity (Wildman–Crippen MR) is 83.7 cm³/mol. The molecule has 1 N–H and O–H groups in total. The van der Waals surface area contributed by atoms with E-state index in [1.807, 2.05) is 0 Å². The number of unbranched alkanes of at least 4 members (excludes halogenated alkanes) is 1. The first-order valence-corrected chi connectivity index (χ1v) is 7.52. The fourth-order valence-corrected chi connectivity index (χ4v) is 2.61. The van der Waals surface area contributed by atoms with E-state index in [1.54, 1.807) is 0 Å². The van der Waals surface area contributed by atoms with Gasteiger partial charge in [0.15, 0.2) is 0 Å². The van der Waals surface area contributed by atoms with E-state index in [-0.39, 0.29) is 0 Å². The lowest BCUT2D eigenvalue weighted by Gasteiger charge is -2.07. The van der Waals surface area contributed by atoms with Gasteiger partial charge in [0.25, 0.3) is 0 Å². The number of aryl methyl sites for hydroxylation is 2. The predicted octanol–water partition coefficient (Wildman–Crippen LogP) is 3.98. The molecule has 0 aliphatic rings. The van der Waals surface area contributed by atoms with E-state index in [2.05, 4.69) is 61.1 Å². The molecule has 19 heavy (non-hydrogen) atoms. The Morgan fingerprint density at radius 1 is 1.16 bits per heavy atom. The Morgan fingerprint density at radius 3 is 2.68 bits per heavy atom. The number of fused-ring (bicyclic) bond motifs is 1. The summed E-state index contributed by atoms with van der Waals surface area (Å²) in [5.41, 5.74) is 2.88. The van der Waals surface area contributed by atoms with Crippen molar-refractivity contribution in [3.05, 3.63) is 36.0 Å². The Balaban J connectivity index is 1.97. The van der Waals surface area contributed by atoms with Gasteiger partial charge in [0.1, 0.15) is 0 Å². The summed E-state index contributed by atoms with van der Waals surface area (Å²) in [6, 6.07) is 9.35. The Hall–Kier alpha value is -1.28. The summed E-state index contributed by atoms with van der Waals surface area (Å²) in [6.45, 7) is 8.80. The van der Waals surface area contributed by atoms with Gasteiger partial charge in [0.2, 0.25) is 0 Å². The van der Waals surface area contributed by atoms with Crippen LogP contribution in [0.25, 0.3) is 10.9 Å². The number of nitrogens with zero attached hydrogens (tertiary/aromatic N) is 1. The van der Waals surface area contributed by atoms with Gasteiger partial charge in [0.05, 0.1) is 0 Å². The third-order valence-electron chi connectivity index (χ3n) is 3.64. The van der Waals surface area contributed by atoms with Crippen molar-refractivity contribution in [1.82, 2.24) is 9.88 Å². The zero-order chi connectivity index (χ0) is 13.7. The molecule has 1 heterocycles. The quantitative estimate of drug-likeness (QED) is 0.743. The summed E-state index contributed by atoms with van der Waals surface area (Å²) in [4.78, 5) is 0. The highest BCUT2D eigenvalue weighted by molar-refractivity contribution is 5.83. The molecule has 0 amide bonds. The number of nitrogens with one attached hydrogen (secondary N) is 1. The lowest BCUT2D eigenvalue weighted by Crippen LogP contribution is -2.23. The molecule has 0 atom stereocenters. The Morgan fingerprint density at radius 2 is 1.95 bits per heavy atom. The van der Waals surface area contributed by atoms with E-state index in [4.69, 9.17) is 0 Å². The zero-order valence-electron chi connectivity index (χ0n) is 12.4. The second-order valence-electron chi connectivity index (χ2n) is 5.52. The number of hydrogen-bond acceptors (Lipinski definition) is 1. The zero-order valence-corrected chi connectivity index (χ0v) is 12.4. The van der Waals surface area contributed by atoms with Crippen molar-refractivity contribution < 1.29 is 0 Å². The lowest BCUT2D eigenvalue weighted by atomic mass is 10.1. The van der Waals surface area contributed by atoms with Gasteiger partial charge >= 0.3 is 0 Å². The topological polar surface area (TPSA) is 17.0 Å². The average molecular weight is 258 g/mol. The highest BCUT2D eigenvalue weighted by Gasteiger charge is 2.06. The van der Waals surface area contributed by atoms with Crippen LogP contribution in [0.4, 0.5) is 0 Å². The summed E-state index contributed by atoms with van der Waals surface area (Å²) >= 11 is 0. The minimum atomic E-state index is 0.599. The Labute approximate surface area is 116 Å². The molecule has 0 saturated carbocycles. The van der Waals surface area contributed by atoms with Gasteiger partial charge in [0, 0.05) is 29.7 Å². The standard InChI is InChI=1S/C17H26N2/c1-4-19-13-15(9-7-8-12-18-14(2)3)16-10-5-6-11-17(16)19/h5-6,10-11,13-14,18H,4,7-9,12H2,1-3H3. The van der Waals surface area contributed by atoms with Crippen molar-refractivity contribution in [2.45, 2.75) is 52.6 Å². The van der Waals surface area contributed by atoms with Crippen LogP contribution < -0.4 is 5.32 Å². The fourth-order valence-electron chi connectivity index (χ4n) is 2.61. The van der Waals surface area contributed by atoms with Gasteiger partial charge in [-0.1, -0.05) is 32.0 Å². The molecule has 0 aliphatic heterocycles. The highest BCUT2D eigenvalue weighted by Crippen LogP contribution is 2.22. The highest BCUT2D eigenvalue weighted by atomic mass is 14.9. The van der Waals surface area contributed by atoms with Gasteiger partial charge in [-0.25, -0.2) is 0 Å². The number of para-hydroxylation sites is 1. The maximum Gasteiger partial charge on any atom is 0.0483 e. The number of benzene rings is 1. The van der Waals surface area contributed by atoms with E-state index in [0.29, 0.717) is 6.04 Å². The molecule has 2 aromatic rings. The number of hydrogen-bond donors (Lipinski definition) is 1. The second-order valence-corrected chi connectivity index (χ2v) is 5.52. The molecule has 2 nitrogen and oxygen atoms in total. The molecular weight excluding hydrogens is 232 g/mol. The summed E-state index contributed by atoms with van der Waals surface area (Å²) < 4.78 is 2.36. The molecule has 0 spiro atoms. The minimum absolute atomic E-state index is 0.599. The van der Waals surface area contributed by atoms with E-state index < -0.39 is 0 Å². The Kier molecular flexibility index (Phi) is 5.03. The third kappa shape index (κ3) is 3.60. The molecule has 2 heteroatoms. The molecule has 0 unspecified atom stereocenters. The van der Waals surface area contributed by atoms with Gasteiger partial charge in [-0.15, -0.1) is 0 Å². The van der Waals surface area contributed by atoms with E-state index in [1.165, 1.54) is 35.7 Å². The molecule has 2 rings (SSSR count). The summed E-state index contributed by atoms with van der Waals surface area (Å²) in [6.07, 6.45) is 6.04. The lowest BCUT2D eigenvalue weighted by molar-refractivity contribution is 0.558. The maximum absolute atomic E-state index is 3.48. The smallest absolute Gasteiger partial charge is 0.0483 e. The van der Waals surface area contributed by atoms with Crippen LogP contribution in [-0.2, 0) is 13.0 Å². The van der Waals surface area contributed by atoms with E-state index in [9.17, 15) is 0 Å². The first-order valence-electron chi connectivity index (χ1n) is 7.52. The fraction of sp³-hybridized carbons (Fsp3) is 0.529. The second kappa shape index (κ2) is 6.76. The van der Waals surface area contributed by atoms with Crippen LogP contribution in [0.5, 0.6) is 0 Å².